The molecule has 0 radical (unpaired) electrons. The SMILES string of the molecule is NC(=O)COc1ccc(C(=O)N2C(C(=O)O)CC3CCCCC32)cc1. The van der Waals surface area contributed by atoms with E-state index in [1.807, 2.05) is 0 Å². The lowest BCUT2D eigenvalue weighted by molar-refractivity contribution is -0.141. The minimum atomic E-state index is -0.941. The Morgan fingerprint density at radius 2 is 1.84 bits per heavy atom. The monoisotopic (exact) mass is 346 g/mol. The zero-order chi connectivity index (χ0) is 18.0. The molecule has 1 heterocycles. The molecular weight excluding hydrogens is 324 g/mol. The Morgan fingerprint density at radius 1 is 1.16 bits per heavy atom. The second-order valence-corrected chi connectivity index (χ2v) is 6.69. The fourth-order valence-electron chi connectivity index (χ4n) is 3.97. The summed E-state index contributed by atoms with van der Waals surface area (Å²) >= 11 is 0. The van der Waals surface area contributed by atoms with E-state index in [1.165, 1.54) is 0 Å². The second kappa shape index (κ2) is 7.13. The zero-order valence-electron chi connectivity index (χ0n) is 13.9. The number of ether oxygens (including phenoxy) is 1. The number of primary amides is 1. The molecule has 1 saturated heterocycles. The van der Waals surface area contributed by atoms with Gasteiger partial charge in [-0.2, -0.15) is 0 Å². The van der Waals surface area contributed by atoms with E-state index in [2.05, 4.69) is 0 Å². The summed E-state index contributed by atoms with van der Waals surface area (Å²) in [5.41, 5.74) is 5.45. The van der Waals surface area contributed by atoms with Crippen LogP contribution in [0.25, 0.3) is 0 Å². The van der Waals surface area contributed by atoms with Gasteiger partial charge in [0.15, 0.2) is 6.61 Å². The average molecular weight is 346 g/mol. The maximum absolute atomic E-state index is 12.9. The molecule has 3 N–H and O–H groups in total. The van der Waals surface area contributed by atoms with Crippen molar-refractivity contribution < 1.29 is 24.2 Å². The summed E-state index contributed by atoms with van der Waals surface area (Å²) in [7, 11) is 0. The first kappa shape index (κ1) is 17.3. The van der Waals surface area contributed by atoms with Gasteiger partial charge in [0.1, 0.15) is 11.8 Å². The number of nitrogens with zero attached hydrogens (tertiary/aromatic N) is 1. The first-order valence-corrected chi connectivity index (χ1v) is 8.54. The highest BCUT2D eigenvalue weighted by molar-refractivity contribution is 5.97. The number of likely N-dealkylation sites (tertiary alicyclic amines) is 1. The predicted octanol–water partition coefficient (Wildman–Crippen LogP) is 1.41. The second-order valence-electron chi connectivity index (χ2n) is 6.69. The van der Waals surface area contributed by atoms with E-state index in [4.69, 9.17) is 10.5 Å². The summed E-state index contributed by atoms with van der Waals surface area (Å²) in [4.78, 5) is 36.9. The van der Waals surface area contributed by atoms with Gasteiger partial charge in [0.25, 0.3) is 11.8 Å². The Kier molecular flexibility index (Phi) is 4.92. The molecule has 0 aromatic heterocycles. The number of carbonyl (C=O) groups excluding carboxylic acids is 2. The third-order valence-electron chi connectivity index (χ3n) is 5.09. The van der Waals surface area contributed by atoms with E-state index in [1.54, 1.807) is 29.2 Å². The molecule has 1 aromatic rings. The molecular formula is C18H22N2O5. The molecule has 3 atom stereocenters. The molecule has 25 heavy (non-hydrogen) atoms. The molecule has 3 unspecified atom stereocenters. The van der Waals surface area contributed by atoms with Gasteiger partial charge in [0.2, 0.25) is 0 Å². The van der Waals surface area contributed by atoms with Gasteiger partial charge in [-0.15, -0.1) is 0 Å². The summed E-state index contributed by atoms with van der Waals surface area (Å²) < 4.78 is 5.18. The van der Waals surface area contributed by atoms with Crippen molar-refractivity contribution in [3.05, 3.63) is 29.8 Å². The van der Waals surface area contributed by atoms with Crippen molar-refractivity contribution in [1.29, 1.82) is 0 Å². The van der Waals surface area contributed by atoms with Gasteiger partial charge in [-0.25, -0.2) is 4.79 Å². The van der Waals surface area contributed by atoms with Crippen molar-refractivity contribution in [3.63, 3.8) is 0 Å². The first-order valence-electron chi connectivity index (χ1n) is 8.54. The van der Waals surface area contributed by atoms with Crippen LogP contribution in [0.2, 0.25) is 0 Å². The van der Waals surface area contributed by atoms with Gasteiger partial charge in [-0.3, -0.25) is 9.59 Å². The van der Waals surface area contributed by atoms with Crippen LogP contribution in [0.3, 0.4) is 0 Å². The average Bonchev–Trinajstić information content (AvgIpc) is 2.99. The number of aliphatic carboxylic acids is 1. The van der Waals surface area contributed by atoms with Crippen LogP contribution in [0.1, 0.15) is 42.5 Å². The third-order valence-corrected chi connectivity index (χ3v) is 5.09. The first-order chi connectivity index (χ1) is 12.0. The summed E-state index contributed by atoms with van der Waals surface area (Å²) in [5.74, 6) is -1.07. The van der Waals surface area contributed by atoms with Gasteiger partial charge in [0, 0.05) is 11.6 Å². The molecule has 0 bridgehead atoms. The number of benzene rings is 1. The van der Waals surface area contributed by atoms with Crippen LogP contribution < -0.4 is 10.5 Å². The summed E-state index contributed by atoms with van der Waals surface area (Å²) in [5, 5.41) is 9.53. The zero-order valence-corrected chi connectivity index (χ0v) is 13.9. The Morgan fingerprint density at radius 3 is 2.48 bits per heavy atom. The van der Waals surface area contributed by atoms with Crippen LogP contribution in [0.4, 0.5) is 0 Å². The number of hydrogen-bond acceptors (Lipinski definition) is 4. The van der Waals surface area contributed by atoms with Gasteiger partial charge in [0.05, 0.1) is 0 Å². The van der Waals surface area contributed by atoms with Gasteiger partial charge in [-0.05, 0) is 49.4 Å². The number of carboxylic acids is 1. The summed E-state index contributed by atoms with van der Waals surface area (Å²) in [6.45, 7) is -0.232. The Labute approximate surface area is 145 Å². The Hall–Kier alpha value is -2.57. The van der Waals surface area contributed by atoms with Crippen molar-refractivity contribution in [1.82, 2.24) is 4.90 Å². The van der Waals surface area contributed by atoms with E-state index in [0.29, 0.717) is 17.7 Å². The van der Waals surface area contributed by atoms with Crippen LogP contribution in [-0.2, 0) is 9.59 Å². The van der Waals surface area contributed by atoms with Crippen LogP contribution in [0, 0.1) is 5.92 Å². The maximum atomic E-state index is 12.9. The molecule has 0 spiro atoms. The Bertz CT molecular complexity index is 673. The highest BCUT2D eigenvalue weighted by Crippen LogP contribution is 2.40. The minimum absolute atomic E-state index is 0.00754. The number of fused-ring (bicyclic) bond motifs is 1. The molecule has 2 fully saturated rings. The van der Waals surface area contributed by atoms with Crippen molar-refractivity contribution in [2.24, 2.45) is 11.7 Å². The highest BCUT2D eigenvalue weighted by atomic mass is 16.5. The van der Waals surface area contributed by atoms with Crippen LogP contribution in [0.15, 0.2) is 24.3 Å². The van der Waals surface area contributed by atoms with Gasteiger partial charge < -0.3 is 20.5 Å². The number of rotatable bonds is 5. The van der Waals surface area contributed by atoms with E-state index in [-0.39, 0.29) is 24.5 Å². The molecule has 2 amide bonds. The molecule has 7 heteroatoms. The molecule has 1 aromatic carbocycles. The van der Waals surface area contributed by atoms with Crippen LogP contribution >= 0.6 is 0 Å². The van der Waals surface area contributed by atoms with E-state index < -0.39 is 17.9 Å². The summed E-state index contributed by atoms with van der Waals surface area (Å²) in [6, 6.07) is 5.60. The number of carbonyl (C=O) groups is 3. The molecule has 1 saturated carbocycles. The topological polar surface area (TPSA) is 110 Å². The van der Waals surface area contributed by atoms with Crippen molar-refractivity contribution >= 4 is 17.8 Å². The lowest BCUT2D eigenvalue weighted by Gasteiger charge is -2.33. The fraction of sp³-hybridized carbons (Fsp3) is 0.500. The summed E-state index contributed by atoms with van der Waals surface area (Å²) in [6.07, 6.45) is 4.50. The molecule has 7 nitrogen and oxygen atoms in total. The lowest BCUT2D eigenvalue weighted by Crippen LogP contribution is -2.46. The molecule has 3 rings (SSSR count). The fourth-order valence-corrected chi connectivity index (χ4v) is 3.97. The van der Waals surface area contributed by atoms with Crippen LogP contribution in [-0.4, -0.2) is 46.5 Å². The number of nitrogens with two attached hydrogens (primary N) is 1. The highest BCUT2D eigenvalue weighted by Gasteiger charge is 2.47. The quantitative estimate of drug-likeness (QED) is 0.837. The number of carboxylic acid groups (broad SMARTS) is 1. The predicted molar refractivity (Wildman–Crippen MR) is 89.1 cm³/mol. The van der Waals surface area contributed by atoms with Gasteiger partial charge in [-0.1, -0.05) is 12.8 Å². The van der Waals surface area contributed by atoms with Gasteiger partial charge >= 0.3 is 5.97 Å². The largest absolute Gasteiger partial charge is 0.484 e. The third kappa shape index (κ3) is 3.60. The molecule has 1 aliphatic heterocycles. The molecule has 134 valence electrons. The maximum Gasteiger partial charge on any atom is 0.326 e. The standard InChI is InChI=1S/C18H22N2O5/c19-16(21)10-25-13-7-5-11(6-8-13)17(22)20-14-4-2-1-3-12(14)9-15(20)18(23)24/h5-8,12,14-15H,1-4,9-10H2,(H2,19,21)(H,23,24). The number of amides is 2. The Balaban J connectivity index is 1.78. The smallest absolute Gasteiger partial charge is 0.326 e. The van der Waals surface area contributed by atoms with Crippen molar-refractivity contribution in [2.75, 3.05) is 6.61 Å². The molecule has 2 aliphatic rings. The van der Waals surface area contributed by atoms with Crippen LogP contribution in [0.5, 0.6) is 5.75 Å². The normalized spacial score (nSPS) is 25.3. The van der Waals surface area contributed by atoms with Crippen molar-refractivity contribution in [3.8, 4) is 5.75 Å². The molecule has 1 aliphatic carbocycles. The van der Waals surface area contributed by atoms with E-state index in [0.717, 1.165) is 25.7 Å². The van der Waals surface area contributed by atoms with E-state index >= 15 is 0 Å². The minimum Gasteiger partial charge on any atom is -0.484 e. The lowest BCUT2D eigenvalue weighted by atomic mass is 9.84. The van der Waals surface area contributed by atoms with Crippen molar-refractivity contribution in [2.45, 2.75) is 44.2 Å². The van der Waals surface area contributed by atoms with E-state index in [9.17, 15) is 19.5 Å². The number of hydrogen-bond donors (Lipinski definition) is 2.